The summed E-state index contributed by atoms with van der Waals surface area (Å²) in [5.74, 6) is 0.429. The SMILES string of the molecule is CCCN(C)S(=O)(=O)NCC1CCCNC1.Cl. The van der Waals surface area contributed by atoms with Crippen LogP contribution in [-0.2, 0) is 10.2 Å². The molecule has 5 nitrogen and oxygen atoms in total. The van der Waals surface area contributed by atoms with Crippen LogP contribution >= 0.6 is 12.4 Å². The standard InChI is InChI=1S/C10H23N3O2S.ClH/c1-3-7-13(2)16(14,15)12-9-10-5-4-6-11-8-10;/h10-12H,3-9H2,1-2H3;1H. The van der Waals surface area contributed by atoms with Crippen molar-refractivity contribution in [2.45, 2.75) is 26.2 Å². The third-order valence-electron chi connectivity index (χ3n) is 2.90. The fourth-order valence-electron chi connectivity index (χ4n) is 1.87. The molecule has 0 bridgehead atoms. The Bertz CT molecular complexity index is 292. The molecule has 17 heavy (non-hydrogen) atoms. The largest absolute Gasteiger partial charge is 0.316 e. The maximum absolute atomic E-state index is 11.8. The molecule has 1 atom stereocenters. The molecular formula is C10H24ClN3O2S. The summed E-state index contributed by atoms with van der Waals surface area (Å²) in [6.07, 6.45) is 3.08. The number of hydrogen-bond acceptors (Lipinski definition) is 3. The zero-order valence-electron chi connectivity index (χ0n) is 10.6. The van der Waals surface area contributed by atoms with Crippen LogP contribution in [0.25, 0.3) is 0 Å². The molecule has 0 spiro atoms. The Morgan fingerprint density at radius 2 is 2.18 bits per heavy atom. The monoisotopic (exact) mass is 285 g/mol. The highest BCUT2D eigenvalue weighted by atomic mass is 35.5. The van der Waals surface area contributed by atoms with Gasteiger partial charge in [-0.1, -0.05) is 6.92 Å². The van der Waals surface area contributed by atoms with Crippen molar-refractivity contribution in [2.75, 3.05) is 33.2 Å². The molecule has 0 aromatic rings. The summed E-state index contributed by atoms with van der Waals surface area (Å²) in [4.78, 5) is 0. The molecular weight excluding hydrogens is 262 g/mol. The van der Waals surface area contributed by atoms with Crippen molar-refractivity contribution in [1.29, 1.82) is 0 Å². The fourth-order valence-corrected chi connectivity index (χ4v) is 2.96. The van der Waals surface area contributed by atoms with E-state index in [1.807, 2.05) is 6.92 Å². The number of piperidine rings is 1. The second-order valence-electron chi connectivity index (χ2n) is 4.39. The van der Waals surface area contributed by atoms with Gasteiger partial charge in [0, 0.05) is 20.1 Å². The minimum absolute atomic E-state index is 0. The van der Waals surface area contributed by atoms with Gasteiger partial charge in [0.15, 0.2) is 0 Å². The summed E-state index contributed by atoms with van der Waals surface area (Å²) in [7, 11) is -1.65. The first-order valence-corrected chi connectivity index (χ1v) is 7.42. The molecule has 1 heterocycles. The molecule has 1 aliphatic heterocycles. The molecule has 0 saturated carbocycles. The van der Waals surface area contributed by atoms with E-state index in [4.69, 9.17) is 0 Å². The lowest BCUT2D eigenvalue weighted by Crippen LogP contribution is -2.43. The van der Waals surface area contributed by atoms with E-state index in [2.05, 4.69) is 10.0 Å². The van der Waals surface area contributed by atoms with Crippen molar-refractivity contribution in [2.24, 2.45) is 5.92 Å². The van der Waals surface area contributed by atoms with Crippen LogP contribution in [0.4, 0.5) is 0 Å². The molecule has 0 aliphatic carbocycles. The lowest BCUT2D eigenvalue weighted by atomic mass is 10.0. The van der Waals surface area contributed by atoms with Crippen LogP contribution in [-0.4, -0.2) is 45.9 Å². The van der Waals surface area contributed by atoms with Gasteiger partial charge < -0.3 is 5.32 Å². The summed E-state index contributed by atoms with van der Waals surface area (Å²) < 4.78 is 27.6. The van der Waals surface area contributed by atoms with Gasteiger partial charge in [-0.25, -0.2) is 4.72 Å². The Labute approximate surface area is 111 Å². The number of halogens is 1. The third-order valence-corrected chi connectivity index (χ3v) is 4.44. The molecule has 2 N–H and O–H groups in total. The molecule has 1 unspecified atom stereocenters. The van der Waals surface area contributed by atoms with Gasteiger partial charge in [0.25, 0.3) is 10.2 Å². The van der Waals surface area contributed by atoms with Gasteiger partial charge in [-0.05, 0) is 38.3 Å². The molecule has 7 heteroatoms. The Hall–Kier alpha value is 0.120. The highest BCUT2D eigenvalue weighted by Crippen LogP contribution is 2.09. The van der Waals surface area contributed by atoms with E-state index in [9.17, 15) is 8.42 Å². The summed E-state index contributed by atoms with van der Waals surface area (Å²) in [6, 6.07) is 0. The summed E-state index contributed by atoms with van der Waals surface area (Å²) in [6.45, 7) is 5.05. The minimum Gasteiger partial charge on any atom is -0.316 e. The first-order valence-electron chi connectivity index (χ1n) is 5.98. The van der Waals surface area contributed by atoms with Crippen molar-refractivity contribution >= 4 is 22.6 Å². The number of hydrogen-bond donors (Lipinski definition) is 2. The van der Waals surface area contributed by atoms with E-state index in [1.165, 1.54) is 4.31 Å². The first-order chi connectivity index (χ1) is 7.56. The smallest absolute Gasteiger partial charge is 0.279 e. The average Bonchev–Trinajstić information content (AvgIpc) is 2.28. The maximum atomic E-state index is 11.8. The molecule has 0 aromatic carbocycles. The van der Waals surface area contributed by atoms with Gasteiger partial charge in [0.1, 0.15) is 0 Å². The second-order valence-corrected chi connectivity index (χ2v) is 6.25. The quantitative estimate of drug-likeness (QED) is 0.751. The maximum Gasteiger partial charge on any atom is 0.279 e. The van der Waals surface area contributed by atoms with Crippen LogP contribution in [0, 0.1) is 5.92 Å². The minimum atomic E-state index is -3.27. The molecule has 1 rings (SSSR count). The molecule has 0 amide bonds. The van der Waals surface area contributed by atoms with Crippen molar-refractivity contribution < 1.29 is 8.42 Å². The zero-order chi connectivity index (χ0) is 12.0. The fraction of sp³-hybridized carbons (Fsp3) is 1.00. The van der Waals surface area contributed by atoms with Crippen LogP contribution in [0.5, 0.6) is 0 Å². The van der Waals surface area contributed by atoms with Crippen molar-refractivity contribution in [1.82, 2.24) is 14.3 Å². The Balaban J connectivity index is 0.00000256. The van der Waals surface area contributed by atoms with Crippen molar-refractivity contribution in [3.8, 4) is 0 Å². The normalized spacial score (nSPS) is 21.2. The van der Waals surface area contributed by atoms with E-state index in [-0.39, 0.29) is 12.4 Å². The van der Waals surface area contributed by atoms with Gasteiger partial charge in [-0.2, -0.15) is 12.7 Å². The Morgan fingerprint density at radius 3 is 2.71 bits per heavy atom. The van der Waals surface area contributed by atoms with Crippen LogP contribution in [0.15, 0.2) is 0 Å². The zero-order valence-corrected chi connectivity index (χ0v) is 12.2. The van der Waals surface area contributed by atoms with Crippen LogP contribution in [0.3, 0.4) is 0 Å². The molecule has 104 valence electrons. The van der Waals surface area contributed by atoms with E-state index in [1.54, 1.807) is 7.05 Å². The number of rotatable bonds is 6. The highest BCUT2D eigenvalue weighted by Gasteiger charge is 2.19. The Kier molecular flexibility index (Phi) is 8.32. The Morgan fingerprint density at radius 1 is 1.47 bits per heavy atom. The van der Waals surface area contributed by atoms with Crippen LogP contribution in [0.1, 0.15) is 26.2 Å². The number of nitrogens with zero attached hydrogens (tertiary/aromatic N) is 1. The summed E-state index contributed by atoms with van der Waals surface area (Å²) >= 11 is 0. The average molecular weight is 286 g/mol. The lowest BCUT2D eigenvalue weighted by molar-refractivity contribution is 0.370. The van der Waals surface area contributed by atoms with Gasteiger partial charge >= 0.3 is 0 Å². The molecule has 1 aliphatic rings. The molecule has 0 radical (unpaired) electrons. The first kappa shape index (κ1) is 17.1. The topological polar surface area (TPSA) is 61.4 Å². The molecule has 0 aromatic heterocycles. The van der Waals surface area contributed by atoms with E-state index in [0.29, 0.717) is 19.0 Å². The van der Waals surface area contributed by atoms with E-state index in [0.717, 1.165) is 32.4 Å². The number of nitrogens with one attached hydrogen (secondary N) is 2. The van der Waals surface area contributed by atoms with Crippen LogP contribution < -0.4 is 10.0 Å². The second kappa shape index (κ2) is 8.26. The lowest BCUT2D eigenvalue weighted by Gasteiger charge is -2.24. The van der Waals surface area contributed by atoms with Gasteiger partial charge in [-0.3, -0.25) is 0 Å². The third kappa shape index (κ3) is 6.01. The van der Waals surface area contributed by atoms with Crippen molar-refractivity contribution in [3.63, 3.8) is 0 Å². The van der Waals surface area contributed by atoms with E-state index >= 15 is 0 Å². The molecule has 1 fully saturated rings. The summed E-state index contributed by atoms with van der Waals surface area (Å²) in [5.41, 5.74) is 0. The molecule has 1 saturated heterocycles. The van der Waals surface area contributed by atoms with Gasteiger partial charge in [0.05, 0.1) is 0 Å². The van der Waals surface area contributed by atoms with Gasteiger partial charge in [-0.15, -0.1) is 12.4 Å². The highest BCUT2D eigenvalue weighted by molar-refractivity contribution is 7.87. The summed E-state index contributed by atoms with van der Waals surface area (Å²) in [5, 5.41) is 3.28. The van der Waals surface area contributed by atoms with E-state index < -0.39 is 10.2 Å². The van der Waals surface area contributed by atoms with Gasteiger partial charge in [0.2, 0.25) is 0 Å². The predicted octanol–water partition coefficient (Wildman–Crippen LogP) is 0.584. The predicted molar refractivity (Wildman–Crippen MR) is 72.7 cm³/mol. The van der Waals surface area contributed by atoms with Crippen molar-refractivity contribution in [3.05, 3.63) is 0 Å². The van der Waals surface area contributed by atoms with Crippen LogP contribution in [0.2, 0.25) is 0 Å².